The molecule has 1 aliphatic carbocycles. The van der Waals surface area contributed by atoms with Gasteiger partial charge in [0.15, 0.2) is 0 Å². The third-order valence-electron chi connectivity index (χ3n) is 4.91. The first-order valence-corrected chi connectivity index (χ1v) is 8.86. The lowest BCUT2D eigenvalue weighted by Gasteiger charge is -2.23. The van der Waals surface area contributed by atoms with Crippen molar-refractivity contribution in [2.45, 2.75) is 51.1 Å². The normalized spacial score (nSPS) is 22.6. The molecular formula is C16H22N4S. The van der Waals surface area contributed by atoms with Crippen LogP contribution in [0, 0.1) is 0 Å². The van der Waals surface area contributed by atoms with Crippen LogP contribution < -0.4 is 0 Å². The van der Waals surface area contributed by atoms with Crippen LogP contribution >= 0.6 is 11.3 Å². The summed E-state index contributed by atoms with van der Waals surface area (Å²) in [7, 11) is 2.22. The lowest BCUT2D eigenvalue weighted by molar-refractivity contribution is 0.238. The minimum atomic E-state index is 0.489. The summed E-state index contributed by atoms with van der Waals surface area (Å²) in [5.41, 5.74) is 4.78. The Bertz CT molecular complexity index is 617. The van der Waals surface area contributed by atoms with E-state index in [1.54, 1.807) is 11.3 Å². The van der Waals surface area contributed by atoms with E-state index in [0.717, 1.165) is 6.54 Å². The molecular weight excluding hydrogens is 280 g/mol. The zero-order valence-corrected chi connectivity index (χ0v) is 13.4. The second-order valence-electron chi connectivity index (χ2n) is 6.23. The third kappa shape index (κ3) is 2.42. The second kappa shape index (κ2) is 5.54. The van der Waals surface area contributed by atoms with Crippen molar-refractivity contribution in [3.63, 3.8) is 0 Å². The summed E-state index contributed by atoms with van der Waals surface area (Å²) in [6.45, 7) is 2.20. The SMILES string of the molecule is Cn1c([C@H]2CCCN2Cc2cncs2)nc2c1CCCC2. The highest BCUT2D eigenvalue weighted by Gasteiger charge is 2.31. The molecule has 0 spiro atoms. The van der Waals surface area contributed by atoms with Gasteiger partial charge in [-0.05, 0) is 45.1 Å². The van der Waals surface area contributed by atoms with Crippen LogP contribution in [-0.4, -0.2) is 26.0 Å². The van der Waals surface area contributed by atoms with Crippen LogP contribution in [0.5, 0.6) is 0 Å². The Hall–Kier alpha value is -1.20. The van der Waals surface area contributed by atoms with Crippen LogP contribution in [0.2, 0.25) is 0 Å². The molecule has 1 fully saturated rings. The third-order valence-corrected chi connectivity index (χ3v) is 5.68. The summed E-state index contributed by atoms with van der Waals surface area (Å²) in [6.07, 6.45) is 9.53. The number of aryl methyl sites for hydroxylation is 1. The molecule has 2 aromatic rings. The lowest BCUT2D eigenvalue weighted by Crippen LogP contribution is -2.24. The van der Waals surface area contributed by atoms with Gasteiger partial charge in [-0.3, -0.25) is 9.88 Å². The molecule has 21 heavy (non-hydrogen) atoms. The van der Waals surface area contributed by atoms with Crippen LogP contribution in [0.1, 0.15) is 53.8 Å². The summed E-state index contributed by atoms with van der Waals surface area (Å²) >= 11 is 1.76. The summed E-state index contributed by atoms with van der Waals surface area (Å²) in [5, 5.41) is 0. The first-order valence-electron chi connectivity index (χ1n) is 7.98. The van der Waals surface area contributed by atoms with E-state index in [0.29, 0.717) is 6.04 Å². The van der Waals surface area contributed by atoms with Gasteiger partial charge in [0.25, 0.3) is 0 Å². The van der Waals surface area contributed by atoms with Gasteiger partial charge in [0.05, 0.1) is 17.2 Å². The van der Waals surface area contributed by atoms with Crippen molar-refractivity contribution >= 4 is 11.3 Å². The van der Waals surface area contributed by atoms with Gasteiger partial charge in [-0.1, -0.05) is 0 Å². The first kappa shape index (κ1) is 13.5. The van der Waals surface area contributed by atoms with Crippen molar-refractivity contribution in [2.24, 2.45) is 7.05 Å². The van der Waals surface area contributed by atoms with E-state index >= 15 is 0 Å². The monoisotopic (exact) mass is 302 g/mol. The molecule has 0 amide bonds. The summed E-state index contributed by atoms with van der Waals surface area (Å²) in [4.78, 5) is 13.2. The lowest BCUT2D eigenvalue weighted by atomic mass is 10.0. The van der Waals surface area contributed by atoms with E-state index in [9.17, 15) is 0 Å². The molecule has 0 radical (unpaired) electrons. The molecule has 2 aliphatic rings. The predicted molar refractivity (Wildman–Crippen MR) is 84.3 cm³/mol. The van der Waals surface area contributed by atoms with Gasteiger partial charge >= 0.3 is 0 Å². The van der Waals surface area contributed by atoms with Gasteiger partial charge < -0.3 is 4.57 Å². The molecule has 4 rings (SSSR count). The molecule has 3 heterocycles. The number of fused-ring (bicyclic) bond motifs is 1. The first-order chi connectivity index (χ1) is 10.3. The minimum absolute atomic E-state index is 0.489. The number of imidazole rings is 1. The maximum atomic E-state index is 5.02. The largest absolute Gasteiger partial charge is 0.334 e. The van der Waals surface area contributed by atoms with Crippen molar-refractivity contribution in [1.29, 1.82) is 0 Å². The molecule has 4 nitrogen and oxygen atoms in total. The van der Waals surface area contributed by atoms with E-state index in [-0.39, 0.29) is 0 Å². The second-order valence-corrected chi connectivity index (χ2v) is 7.20. The van der Waals surface area contributed by atoms with E-state index < -0.39 is 0 Å². The van der Waals surface area contributed by atoms with E-state index in [1.165, 1.54) is 67.2 Å². The minimum Gasteiger partial charge on any atom is -0.334 e. The van der Waals surface area contributed by atoms with E-state index in [1.807, 2.05) is 11.7 Å². The Balaban J connectivity index is 1.61. The van der Waals surface area contributed by atoms with Crippen molar-refractivity contribution in [3.8, 4) is 0 Å². The van der Waals surface area contributed by atoms with Gasteiger partial charge in [0, 0.05) is 30.4 Å². The highest BCUT2D eigenvalue weighted by molar-refractivity contribution is 7.09. The Labute approximate surface area is 129 Å². The van der Waals surface area contributed by atoms with Gasteiger partial charge in [-0.15, -0.1) is 11.3 Å². The Kier molecular flexibility index (Phi) is 3.55. The van der Waals surface area contributed by atoms with Crippen LogP contribution in [0.4, 0.5) is 0 Å². The van der Waals surface area contributed by atoms with Gasteiger partial charge in [-0.2, -0.15) is 0 Å². The standard InChI is InChI=1S/C16H22N4S/c1-19-14-6-3-2-5-13(14)18-16(19)15-7-4-8-20(15)10-12-9-17-11-21-12/h9,11,15H,2-8,10H2,1H3/t15-/m1/s1. The zero-order chi connectivity index (χ0) is 14.2. The van der Waals surface area contributed by atoms with Crippen molar-refractivity contribution in [3.05, 3.63) is 33.8 Å². The number of rotatable bonds is 3. The fourth-order valence-electron chi connectivity index (χ4n) is 3.83. The predicted octanol–water partition coefficient (Wildman–Crippen LogP) is 3.09. The molecule has 0 N–H and O–H groups in total. The molecule has 0 saturated carbocycles. The molecule has 0 bridgehead atoms. The van der Waals surface area contributed by atoms with Crippen molar-refractivity contribution < 1.29 is 0 Å². The Morgan fingerprint density at radius 3 is 3.00 bits per heavy atom. The topological polar surface area (TPSA) is 34.0 Å². The van der Waals surface area contributed by atoms with Gasteiger partial charge in [0.1, 0.15) is 5.82 Å². The maximum Gasteiger partial charge on any atom is 0.126 e. The number of thiazole rings is 1. The molecule has 0 unspecified atom stereocenters. The van der Waals surface area contributed by atoms with E-state index in [4.69, 9.17) is 4.98 Å². The smallest absolute Gasteiger partial charge is 0.126 e. The molecule has 1 aliphatic heterocycles. The number of likely N-dealkylation sites (tertiary alicyclic amines) is 1. The van der Waals surface area contributed by atoms with E-state index in [2.05, 4.69) is 21.5 Å². The number of hydrogen-bond donors (Lipinski definition) is 0. The van der Waals surface area contributed by atoms with Crippen LogP contribution in [0.15, 0.2) is 11.7 Å². The Morgan fingerprint density at radius 1 is 1.29 bits per heavy atom. The summed E-state index contributed by atoms with van der Waals surface area (Å²) < 4.78 is 2.39. The highest BCUT2D eigenvalue weighted by atomic mass is 32.1. The zero-order valence-electron chi connectivity index (χ0n) is 12.6. The molecule has 1 atom stereocenters. The molecule has 5 heteroatoms. The maximum absolute atomic E-state index is 5.02. The Morgan fingerprint density at radius 2 is 2.19 bits per heavy atom. The van der Waals surface area contributed by atoms with Crippen molar-refractivity contribution in [2.75, 3.05) is 6.54 Å². The number of aromatic nitrogens is 3. The average Bonchev–Trinajstić information content (AvgIpc) is 3.21. The van der Waals surface area contributed by atoms with Crippen LogP contribution in [0.25, 0.3) is 0 Å². The quantitative estimate of drug-likeness (QED) is 0.873. The average molecular weight is 302 g/mol. The highest BCUT2D eigenvalue weighted by Crippen LogP contribution is 2.35. The summed E-state index contributed by atoms with van der Waals surface area (Å²) in [6, 6.07) is 0.489. The fraction of sp³-hybridized carbons (Fsp3) is 0.625. The molecule has 112 valence electrons. The fourth-order valence-corrected chi connectivity index (χ4v) is 4.45. The molecule has 1 saturated heterocycles. The number of hydrogen-bond acceptors (Lipinski definition) is 4. The van der Waals surface area contributed by atoms with Crippen LogP contribution in [0.3, 0.4) is 0 Å². The van der Waals surface area contributed by atoms with Crippen LogP contribution in [-0.2, 0) is 26.4 Å². The molecule has 2 aromatic heterocycles. The number of nitrogens with zero attached hydrogens (tertiary/aromatic N) is 4. The molecule has 0 aromatic carbocycles. The van der Waals surface area contributed by atoms with Gasteiger partial charge in [-0.25, -0.2) is 4.98 Å². The van der Waals surface area contributed by atoms with Crippen molar-refractivity contribution in [1.82, 2.24) is 19.4 Å². The summed E-state index contributed by atoms with van der Waals surface area (Å²) in [5.74, 6) is 1.30. The van der Waals surface area contributed by atoms with Gasteiger partial charge in [0.2, 0.25) is 0 Å².